The van der Waals surface area contributed by atoms with E-state index >= 15 is 0 Å². The summed E-state index contributed by atoms with van der Waals surface area (Å²) in [5.41, 5.74) is -2.02. The van der Waals surface area contributed by atoms with E-state index in [1.807, 2.05) is 0 Å². The third kappa shape index (κ3) is 5.34. The van der Waals surface area contributed by atoms with Crippen LogP contribution in [-0.4, -0.2) is 61.0 Å². The second-order valence-corrected chi connectivity index (χ2v) is 7.40. The van der Waals surface area contributed by atoms with Crippen LogP contribution in [0.3, 0.4) is 0 Å². The molecule has 0 aromatic rings. The summed E-state index contributed by atoms with van der Waals surface area (Å²) in [6, 6.07) is 0. The summed E-state index contributed by atoms with van der Waals surface area (Å²) in [5.74, 6) is -0.311. The number of hydrogen-bond acceptors (Lipinski definition) is 4. The number of alkyl halides is 1. The van der Waals surface area contributed by atoms with Crippen molar-refractivity contribution >= 4 is 12.0 Å². The summed E-state index contributed by atoms with van der Waals surface area (Å²) in [7, 11) is 0. The van der Waals surface area contributed by atoms with Gasteiger partial charge in [0.05, 0.1) is 19.1 Å². The molecule has 2 heterocycles. The Labute approximate surface area is 136 Å². The van der Waals surface area contributed by atoms with Crippen LogP contribution in [0.1, 0.15) is 40.0 Å². The van der Waals surface area contributed by atoms with Crippen molar-refractivity contribution in [3.8, 4) is 0 Å². The lowest BCUT2D eigenvalue weighted by molar-refractivity contribution is -0.125. The van der Waals surface area contributed by atoms with E-state index < -0.39 is 17.4 Å². The number of likely N-dealkylation sites (tertiary alicyclic amines) is 1. The lowest BCUT2D eigenvalue weighted by Gasteiger charge is -2.37. The minimum absolute atomic E-state index is 0.00943. The molecule has 0 saturated carbocycles. The van der Waals surface area contributed by atoms with Crippen molar-refractivity contribution in [2.75, 3.05) is 32.8 Å². The lowest BCUT2D eigenvalue weighted by atomic mass is 9.93. The van der Waals surface area contributed by atoms with Crippen molar-refractivity contribution < 1.29 is 23.5 Å². The van der Waals surface area contributed by atoms with Crippen LogP contribution >= 0.6 is 0 Å². The fourth-order valence-electron chi connectivity index (χ4n) is 2.72. The molecule has 0 aromatic heterocycles. The number of ether oxygens (including phenoxy) is 2. The van der Waals surface area contributed by atoms with Gasteiger partial charge in [-0.2, -0.15) is 0 Å². The number of amides is 2. The third-order valence-electron chi connectivity index (χ3n) is 4.19. The molecule has 1 N–H and O–H groups in total. The van der Waals surface area contributed by atoms with Gasteiger partial charge in [0.2, 0.25) is 5.91 Å². The Morgan fingerprint density at radius 2 is 2.00 bits per heavy atom. The maximum atomic E-state index is 14.8. The topological polar surface area (TPSA) is 67.9 Å². The Bertz CT molecular complexity index is 436. The molecule has 2 rings (SSSR count). The minimum atomic E-state index is -1.46. The molecule has 0 aliphatic carbocycles. The second-order valence-electron chi connectivity index (χ2n) is 7.40. The maximum absolute atomic E-state index is 14.8. The molecule has 2 fully saturated rings. The summed E-state index contributed by atoms with van der Waals surface area (Å²) in [6.07, 6.45) is 0.686. The summed E-state index contributed by atoms with van der Waals surface area (Å²) >= 11 is 0. The molecule has 0 spiro atoms. The van der Waals surface area contributed by atoms with Crippen LogP contribution in [0.4, 0.5) is 9.18 Å². The molecular formula is C16H27FN2O4. The summed E-state index contributed by atoms with van der Waals surface area (Å²) < 4.78 is 25.2. The first kappa shape index (κ1) is 18.0. The fourth-order valence-corrected chi connectivity index (χ4v) is 2.72. The van der Waals surface area contributed by atoms with Gasteiger partial charge in [-0.3, -0.25) is 4.79 Å². The number of nitrogens with one attached hydrogen (secondary N) is 1. The number of carbonyl (C=O) groups excluding carboxylic acids is 2. The van der Waals surface area contributed by atoms with Crippen molar-refractivity contribution in [3.05, 3.63) is 0 Å². The summed E-state index contributed by atoms with van der Waals surface area (Å²) in [5, 5.41) is 2.69. The molecule has 0 radical (unpaired) electrons. The van der Waals surface area contributed by atoms with Gasteiger partial charge in [-0.1, -0.05) is 0 Å². The molecule has 1 atom stereocenters. The fraction of sp³-hybridized carbons (Fsp3) is 0.875. The van der Waals surface area contributed by atoms with Crippen LogP contribution in [0.25, 0.3) is 0 Å². The van der Waals surface area contributed by atoms with Crippen molar-refractivity contribution in [2.45, 2.75) is 51.3 Å². The van der Waals surface area contributed by atoms with Gasteiger partial charge in [-0.05, 0) is 27.2 Å². The summed E-state index contributed by atoms with van der Waals surface area (Å²) in [4.78, 5) is 25.4. The first-order valence-electron chi connectivity index (χ1n) is 8.21. The highest BCUT2D eigenvalue weighted by molar-refractivity contribution is 5.79. The normalized spacial score (nSPS) is 24.3. The van der Waals surface area contributed by atoms with Crippen LogP contribution < -0.4 is 5.32 Å². The zero-order valence-electron chi connectivity index (χ0n) is 14.2. The second kappa shape index (κ2) is 7.03. The van der Waals surface area contributed by atoms with Crippen molar-refractivity contribution in [1.29, 1.82) is 0 Å². The number of nitrogens with zero attached hydrogens (tertiary/aromatic N) is 1. The van der Waals surface area contributed by atoms with Gasteiger partial charge in [0.15, 0.2) is 0 Å². The number of rotatable bonds is 3. The highest BCUT2D eigenvalue weighted by Gasteiger charge is 2.38. The van der Waals surface area contributed by atoms with Gasteiger partial charge in [0, 0.05) is 32.5 Å². The largest absolute Gasteiger partial charge is 0.444 e. The molecule has 2 aliphatic heterocycles. The molecule has 2 saturated heterocycles. The van der Waals surface area contributed by atoms with Crippen molar-refractivity contribution in [1.82, 2.24) is 10.2 Å². The Hall–Kier alpha value is -1.37. The smallest absolute Gasteiger partial charge is 0.410 e. The van der Waals surface area contributed by atoms with Gasteiger partial charge in [-0.15, -0.1) is 0 Å². The predicted octanol–water partition coefficient (Wildman–Crippen LogP) is 1.88. The lowest BCUT2D eigenvalue weighted by Crippen LogP contribution is -2.51. The maximum Gasteiger partial charge on any atom is 0.410 e. The van der Waals surface area contributed by atoms with Crippen LogP contribution in [0.2, 0.25) is 0 Å². The molecule has 132 valence electrons. The Morgan fingerprint density at radius 3 is 2.52 bits per heavy atom. The quantitative estimate of drug-likeness (QED) is 0.858. The van der Waals surface area contributed by atoms with Crippen LogP contribution in [0.5, 0.6) is 0 Å². The van der Waals surface area contributed by atoms with Gasteiger partial charge < -0.3 is 19.7 Å². The zero-order valence-corrected chi connectivity index (χ0v) is 14.2. The van der Waals surface area contributed by atoms with Gasteiger partial charge in [0.25, 0.3) is 0 Å². The number of carbonyl (C=O) groups is 2. The number of halogens is 1. The predicted molar refractivity (Wildman–Crippen MR) is 82.8 cm³/mol. The first-order chi connectivity index (χ1) is 10.7. The van der Waals surface area contributed by atoms with E-state index in [0.29, 0.717) is 32.7 Å². The standard InChI is InChI=1S/C16H27FN2O4/c1-15(2,3)23-14(21)19-7-5-16(17,6-8-19)11-18-13(20)12-4-9-22-10-12/h12H,4-11H2,1-3H3,(H,18,20). The number of piperidine rings is 1. The van der Waals surface area contributed by atoms with E-state index in [2.05, 4.69) is 5.32 Å². The summed E-state index contributed by atoms with van der Waals surface area (Å²) in [6.45, 7) is 7.00. The highest BCUT2D eigenvalue weighted by atomic mass is 19.1. The Morgan fingerprint density at radius 1 is 1.35 bits per heavy atom. The van der Waals surface area contributed by atoms with Crippen LogP contribution in [-0.2, 0) is 14.3 Å². The van der Waals surface area contributed by atoms with Gasteiger partial charge >= 0.3 is 6.09 Å². The molecule has 2 aliphatic rings. The molecule has 0 aromatic carbocycles. The molecule has 7 heteroatoms. The van der Waals surface area contributed by atoms with Gasteiger partial charge in [-0.25, -0.2) is 9.18 Å². The third-order valence-corrected chi connectivity index (χ3v) is 4.19. The highest BCUT2D eigenvalue weighted by Crippen LogP contribution is 2.27. The molecular weight excluding hydrogens is 303 g/mol. The molecule has 1 unspecified atom stereocenters. The SMILES string of the molecule is CC(C)(C)OC(=O)N1CCC(F)(CNC(=O)C2CCOC2)CC1. The minimum Gasteiger partial charge on any atom is -0.444 e. The monoisotopic (exact) mass is 330 g/mol. The van der Waals surface area contributed by atoms with Crippen molar-refractivity contribution in [2.24, 2.45) is 5.92 Å². The van der Waals surface area contributed by atoms with E-state index in [0.717, 1.165) is 0 Å². The van der Waals surface area contributed by atoms with Crippen molar-refractivity contribution in [3.63, 3.8) is 0 Å². The van der Waals surface area contributed by atoms with E-state index in [1.165, 1.54) is 4.90 Å². The van der Waals surface area contributed by atoms with E-state index in [9.17, 15) is 14.0 Å². The average Bonchev–Trinajstić information content (AvgIpc) is 2.98. The van der Waals surface area contributed by atoms with Crippen LogP contribution in [0.15, 0.2) is 0 Å². The Balaban J connectivity index is 1.75. The van der Waals surface area contributed by atoms with E-state index in [1.54, 1.807) is 20.8 Å². The van der Waals surface area contributed by atoms with E-state index in [-0.39, 0.29) is 31.2 Å². The average molecular weight is 330 g/mol. The first-order valence-corrected chi connectivity index (χ1v) is 8.21. The molecule has 2 amide bonds. The van der Waals surface area contributed by atoms with Crippen LogP contribution in [0, 0.1) is 5.92 Å². The van der Waals surface area contributed by atoms with E-state index in [4.69, 9.17) is 9.47 Å². The zero-order chi connectivity index (χ0) is 17.1. The molecule has 23 heavy (non-hydrogen) atoms. The van der Waals surface area contributed by atoms with Gasteiger partial charge in [0.1, 0.15) is 11.3 Å². The Kier molecular flexibility index (Phi) is 5.49. The molecule has 0 bridgehead atoms. The molecule has 6 nitrogen and oxygen atoms in total. The number of hydrogen-bond donors (Lipinski definition) is 1.